The molecule has 1 aliphatic carbocycles. The number of amides is 1. The molecular weight excluding hydrogens is 398 g/mol. The van der Waals surface area contributed by atoms with Crippen molar-refractivity contribution in [2.24, 2.45) is 5.92 Å². The van der Waals surface area contributed by atoms with E-state index < -0.39 is 0 Å². The molecule has 1 aliphatic rings. The van der Waals surface area contributed by atoms with Crippen LogP contribution < -0.4 is 10.1 Å². The van der Waals surface area contributed by atoms with Gasteiger partial charge in [0, 0.05) is 12.0 Å². The van der Waals surface area contributed by atoms with Crippen molar-refractivity contribution >= 4 is 11.7 Å². The minimum atomic E-state index is 0.0431. The van der Waals surface area contributed by atoms with Crippen molar-refractivity contribution < 1.29 is 9.53 Å². The second-order valence-electron chi connectivity index (χ2n) is 8.33. The third kappa shape index (κ3) is 7.19. The van der Waals surface area contributed by atoms with Gasteiger partial charge >= 0.3 is 0 Å². The van der Waals surface area contributed by atoms with Crippen molar-refractivity contribution in [1.29, 1.82) is 0 Å². The zero-order valence-electron chi connectivity index (χ0n) is 19.3. The number of rotatable bonds is 5. The van der Waals surface area contributed by atoms with Crippen LogP contribution in [0.25, 0.3) is 11.3 Å². The summed E-state index contributed by atoms with van der Waals surface area (Å²) < 4.78 is 5.17. The summed E-state index contributed by atoms with van der Waals surface area (Å²) in [4.78, 5) is 21.3. The van der Waals surface area contributed by atoms with Crippen molar-refractivity contribution in [3.8, 4) is 17.0 Å². The lowest BCUT2D eigenvalue weighted by molar-refractivity contribution is -0.117. The highest BCUT2D eigenvalue weighted by Crippen LogP contribution is 2.27. The number of carbonyl (C=O) groups excluding carboxylic acids is 1. The summed E-state index contributed by atoms with van der Waals surface area (Å²) in [6.45, 7) is 3.95. The largest absolute Gasteiger partial charge is 0.497 e. The first-order chi connectivity index (χ1) is 15.5. The number of aryl methyl sites for hydroxylation is 2. The number of carbonyl (C=O) groups is 1. The van der Waals surface area contributed by atoms with Gasteiger partial charge in [-0.25, -0.2) is 9.97 Å². The van der Waals surface area contributed by atoms with Crippen LogP contribution in [0.2, 0.25) is 0 Å². The van der Waals surface area contributed by atoms with Gasteiger partial charge in [-0.05, 0) is 56.9 Å². The summed E-state index contributed by atoms with van der Waals surface area (Å²) in [5, 5.41) is 2.92. The summed E-state index contributed by atoms with van der Waals surface area (Å²) in [6, 6.07) is 17.9. The molecule has 4 rings (SSSR count). The summed E-state index contributed by atoms with van der Waals surface area (Å²) in [6.07, 6.45) is 8.39. The van der Waals surface area contributed by atoms with Crippen LogP contribution in [0.5, 0.6) is 5.75 Å². The van der Waals surface area contributed by atoms with E-state index in [2.05, 4.69) is 34.3 Å². The van der Waals surface area contributed by atoms with Gasteiger partial charge in [-0.15, -0.1) is 0 Å². The third-order valence-electron chi connectivity index (χ3n) is 5.73. The first-order valence-electron chi connectivity index (χ1n) is 11.3. The summed E-state index contributed by atoms with van der Waals surface area (Å²) in [5.41, 5.74) is 3.80. The van der Waals surface area contributed by atoms with Crippen LogP contribution in [-0.2, 0) is 4.79 Å². The van der Waals surface area contributed by atoms with E-state index in [9.17, 15) is 4.79 Å². The maximum absolute atomic E-state index is 12.3. The molecule has 1 heterocycles. The second-order valence-corrected chi connectivity index (χ2v) is 8.33. The number of anilines is 1. The van der Waals surface area contributed by atoms with Gasteiger partial charge in [0.05, 0.1) is 24.7 Å². The topological polar surface area (TPSA) is 64.1 Å². The van der Waals surface area contributed by atoms with Gasteiger partial charge in [-0.2, -0.15) is 0 Å². The van der Waals surface area contributed by atoms with Gasteiger partial charge in [-0.1, -0.05) is 55.2 Å². The lowest BCUT2D eigenvalue weighted by atomic mass is 9.87. The minimum absolute atomic E-state index is 0.0431. The lowest BCUT2D eigenvalue weighted by Gasteiger charge is -2.20. The van der Waals surface area contributed by atoms with Crippen molar-refractivity contribution in [3.05, 3.63) is 72.1 Å². The zero-order valence-corrected chi connectivity index (χ0v) is 19.3. The molecule has 5 nitrogen and oxygen atoms in total. The number of aromatic nitrogens is 2. The summed E-state index contributed by atoms with van der Waals surface area (Å²) in [7, 11) is 1.64. The molecule has 1 saturated carbocycles. The minimum Gasteiger partial charge on any atom is -0.497 e. The third-order valence-corrected chi connectivity index (χ3v) is 5.73. The molecule has 5 heteroatoms. The second kappa shape index (κ2) is 12.0. The fourth-order valence-corrected chi connectivity index (χ4v) is 3.88. The highest BCUT2D eigenvalue weighted by molar-refractivity contribution is 5.90. The van der Waals surface area contributed by atoms with Crippen LogP contribution in [0.15, 0.2) is 60.8 Å². The maximum atomic E-state index is 12.3. The van der Waals surface area contributed by atoms with Crippen LogP contribution in [-0.4, -0.2) is 23.0 Å². The Balaban J connectivity index is 0.000000352. The van der Waals surface area contributed by atoms with E-state index in [1.54, 1.807) is 13.3 Å². The van der Waals surface area contributed by atoms with E-state index in [1.807, 2.05) is 49.4 Å². The van der Waals surface area contributed by atoms with Crippen LogP contribution in [0.4, 0.5) is 5.82 Å². The van der Waals surface area contributed by atoms with Gasteiger partial charge in [0.2, 0.25) is 5.91 Å². The molecule has 0 aliphatic heterocycles. The molecule has 0 atom stereocenters. The van der Waals surface area contributed by atoms with Gasteiger partial charge in [0.15, 0.2) is 5.82 Å². The normalized spacial score (nSPS) is 13.6. The molecule has 0 spiro atoms. The number of ether oxygens (including phenoxy) is 1. The first kappa shape index (κ1) is 23.5. The Morgan fingerprint density at radius 2 is 1.69 bits per heavy atom. The molecule has 1 N–H and O–H groups in total. The fraction of sp³-hybridized carbons (Fsp3) is 0.370. The Hall–Kier alpha value is -3.21. The summed E-state index contributed by atoms with van der Waals surface area (Å²) in [5.74, 6) is 1.92. The average molecular weight is 432 g/mol. The number of nitrogens with zero attached hydrogens (tertiary/aromatic N) is 2. The van der Waals surface area contributed by atoms with Crippen LogP contribution in [0.1, 0.15) is 49.8 Å². The predicted molar refractivity (Wildman–Crippen MR) is 130 cm³/mol. The number of hydrogen-bond donors (Lipinski definition) is 1. The molecule has 0 unspecified atom stereocenters. The van der Waals surface area contributed by atoms with Crippen molar-refractivity contribution in [2.45, 2.75) is 52.4 Å². The predicted octanol–water partition coefficient (Wildman–Crippen LogP) is 6.36. The van der Waals surface area contributed by atoms with Gasteiger partial charge < -0.3 is 10.1 Å². The van der Waals surface area contributed by atoms with Gasteiger partial charge in [-0.3, -0.25) is 4.79 Å². The molecule has 2 aromatic carbocycles. The monoisotopic (exact) mass is 431 g/mol. The van der Waals surface area contributed by atoms with Crippen molar-refractivity contribution in [3.63, 3.8) is 0 Å². The molecule has 0 saturated heterocycles. The molecule has 3 aromatic rings. The number of methoxy groups -OCH3 is 1. The highest BCUT2D eigenvalue weighted by atomic mass is 16.5. The van der Waals surface area contributed by atoms with E-state index >= 15 is 0 Å². The van der Waals surface area contributed by atoms with Crippen molar-refractivity contribution in [2.75, 3.05) is 12.4 Å². The average Bonchev–Trinajstić information content (AvgIpc) is 2.82. The number of hydrogen-bond acceptors (Lipinski definition) is 4. The Bertz CT molecular complexity index is 982. The Labute approximate surface area is 191 Å². The van der Waals surface area contributed by atoms with E-state index in [4.69, 9.17) is 4.74 Å². The Kier molecular flexibility index (Phi) is 8.79. The first-order valence-corrected chi connectivity index (χ1v) is 11.3. The quantitative estimate of drug-likeness (QED) is 0.510. The molecule has 1 aromatic heterocycles. The number of benzene rings is 2. The van der Waals surface area contributed by atoms with Crippen LogP contribution in [0.3, 0.4) is 0 Å². The van der Waals surface area contributed by atoms with Gasteiger partial charge in [0.25, 0.3) is 0 Å². The molecule has 1 amide bonds. The molecule has 0 bridgehead atoms. The molecule has 168 valence electrons. The molecule has 1 fully saturated rings. The smallest absolute Gasteiger partial charge is 0.225 e. The highest BCUT2D eigenvalue weighted by Gasteiger charge is 2.18. The van der Waals surface area contributed by atoms with E-state index in [-0.39, 0.29) is 5.91 Å². The summed E-state index contributed by atoms with van der Waals surface area (Å²) >= 11 is 0. The Morgan fingerprint density at radius 3 is 2.25 bits per heavy atom. The SMILES string of the molecule is COc1ccc(-c2cnc(NC(=O)CC3CCCCC3)c(C)n2)cc1.Cc1ccccc1. The zero-order chi connectivity index (χ0) is 22.8. The van der Waals surface area contributed by atoms with Crippen LogP contribution in [0, 0.1) is 19.8 Å². The van der Waals surface area contributed by atoms with Gasteiger partial charge in [0.1, 0.15) is 5.75 Å². The molecule has 0 radical (unpaired) electrons. The lowest BCUT2D eigenvalue weighted by Crippen LogP contribution is -2.19. The molecular formula is C27H33N3O2. The fourth-order valence-electron chi connectivity index (χ4n) is 3.88. The van der Waals surface area contributed by atoms with E-state index in [1.165, 1.54) is 24.8 Å². The standard InChI is InChI=1S/C20H25N3O2.C7H8/c1-14-20(23-19(24)12-15-6-4-3-5-7-15)21-13-18(22-14)16-8-10-17(25-2)11-9-16;1-7-5-3-2-4-6-7/h8-11,13,15H,3-7,12H2,1-2H3,(H,21,23,24);2-6H,1H3. The van der Waals surface area contributed by atoms with E-state index in [0.29, 0.717) is 18.2 Å². The van der Waals surface area contributed by atoms with E-state index in [0.717, 1.165) is 35.5 Å². The van der Waals surface area contributed by atoms with Crippen molar-refractivity contribution in [1.82, 2.24) is 9.97 Å². The maximum Gasteiger partial charge on any atom is 0.225 e. The van der Waals surface area contributed by atoms with Crippen LogP contribution >= 0.6 is 0 Å². The Morgan fingerprint density at radius 1 is 1.00 bits per heavy atom. The number of nitrogens with one attached hydrogen (secondary N) is 1. The molecule has 32 heavy (non-hydrogen) atoms.